The number of halogens is 2. The minimum atomic E-state index is -0.359. The van der Waals surface area contributed by atoms with Crippen molar-refractivity contribution in [3.63, 3.8) is 0 Å². The van der Waals surface area contributed by atoms with Gasteiger partial charge in [0.05, 0.1) is 12.6 Å². The molecule has 0 aliphatic carbocycles. The molecule has 98 valence electrons. The second kappa shape index (κ2) is 5.67. The molecule has 18 heavy (non-hydrogen) atoms. The molecule has 1 heterocycles. The molecule has 1 saturated heterocycles. The molecule has 1 N–H and O–H groups in total. The van der Waals surface area contributed by atoms with Crippen LogP contribution in [0.25, 0.3) is 0 Å². The van der Waals surface area contributed by atoms with E-state index in [0.717, 1.165) is 13.0 Å². The number of nitrogens with one attached hydrogen (secondary N) is 1. The molecule has 1 aromatic rings. The lowest BCUT2D eigenvalue weighted by Crippen LogP contribution is -2.54. The molecule has 1 unspecified atom stereocenters. The van der Waals surface area contributed by atoms with Gasteiger partial charge in [-0.15, -0.1) is 0 Å². The molecule has 3 nitrogen and oxygen atoms in total. The summed E-state index contributed by atoms with van der Waals surface area (Å²) in [6, 6.07) is 4.41. The van der Waals surface area contributed by atoms with Crippen LogP contribution < -0.4 is 5.32 Å². The normalized spacial score (nSPS) is 20.3. The van der Waals surface area contributed by atoms with Gasteiger partial charge in [0.1, 0.15) is 5.82 Å². The average molecular weight is 271 g/mol. The van der Waals surface area contributed by atoms with Crippen molar-refractivity contribution in [2.24, 2.45) is 0 Å². The Morgan fingerprint density at radius 1 is 1.56 bits per heavy atom. The highest BCUT2D eigenvalue weighted by atomic mass is 35.5. The molecule has 0 spiro atoms. The SMILES string of the molecule is CCC1NCCN(Cc2c(F)cccc2Cl)C1=O. The lowest BCUT2D eigenvalue weighted by Gasteiger charge is -2.33. The molecular weight excluding hydrogens is 255 g/mol. The number of amides is 1. The van der Waals surface area contributed by atoms with Gasteiger partial charge in [-0.3, -0.25) is 4.79 Å². The van der Waals surface area contributed by atoms with E-state index in [9.17, 15) is 9.18 Å². The molecule has 0 radical (unpaired) electrons. The van der Waals surface area contributed by atoms with Crippen LogP contribution in [0, 0.1) is 5.82 Å². The third-order valence-corrected chi connectivity index (χ3v) is 3.56. The highest BCUT2D eigenvalue weighted by Gasteiger charge is 2.27. The summed E-state index contributed by atoms with van der Waals surface area (Å²) in [5.74, 6) is -0.343. The molecule has 1 atom stereocenters. The Morgan fingerprint density at radius 2 is 2.33 bits per heavy atom. The minimum Gasteiger partial charge on any atom is -0.336 e. The molecule has 1 fully saturated rings. The Bertz CT molecular complexity index is 432. The number of nitrogens with zero attached hydrogens (tertiary/aromatic N) is 1. The fourth-order valence-electron chi connectivity index (χ4n) is 2.14. The third kappa shape index (κ3) is 2.65. The number of hydrogen-bond acceptors (Lipinski definition) is 2. The van der Waals surface area contributed by atoms with Gasteiger partial charge >= 0.3 is 0 Å². The van der Waals surface area contributed by atoms with Gasteiger partial charge in [0.25, 0.3) is 0 Å². The highest BCUT2D eigenvalue weighted by molar-refractivity contribution is 6.31. The Labute approximate surface area is 111 Å². The fraction of sp³-hybridized carbons (Fsp3) is 0.462. The van der Waals surface area contributed by atoms with Crippen molar-refractivity contribution in [1.82, 2.24) is 10.2 Å². The molecule has 2 rings (SSSR count). The second-order valence-corrected chi connectivity index (χ2v) is 4.78. The number of rotatable bonds is 3. The lowest BCUT2D eigenvalue weighted by molar-refractivity contribution is -0.136. The maximum Gasteiger partial charge on any atom is 0.240 e. The van der Waals surface area contributed by atoms with Gasteiger partial charge < -0.3 is 10.2 Å². The van der Waals surface area contributed by atoms with Crippen molar-refractivity contribution >= 4 is 17.5 Å². The van der Waals surface area contributed by atoms with Crippen molar-refractivity contribution in [3.05, 3.63) is 34.6 Å². The number of carbonyl (C=O) groups is 1. The van der Waals surface area contributed by atoms with Crippen molar-refractivity contribution in [2.45, 2.75) is 25.9 Å². The Morgan fingerprint density at radius 3 is 3.00 bits per heavy atom. The zero-order chi connectivity index (χ0) is 13.1. The van der Waals surface area contributed by atoms with E-state index in [1.807, 2.05) is 6.92 Å². The fourth-order valence-corrected chi connectivity index (χ4v) is 2.36. The summed E-state index contributed by atoms with van der Waals surface area (Å²) in [5.41, 5.74) is 0.393. The molecule has 1 aliphatic rings. The second-order valence-electron chi connectivity index (χ2n) is 4.37. The Kier molecular flexibility index (Phi) is 4.19. The van der Waals surface area contributed by atoms with Gasteiger partial charge in [-0.2, -0.15) is 0 Å². The van der Waals surface area contributed by atoms with Crippen LogP contribution in [0.2, 0.25) is 5.02 Å². The third-order valence-electron chi connectivity index (χ3n) is 3.20. The topological polar surface area (TPSA) is 32.3 Å². The number of hydrogen-bond donors (Lipinski definition) is 1. The van der Waals surface area contributed by atoms with Gasteiger partial charge in [-0.25, -0.2) is 4.39 Å². The first-order chi connectivity index (χ1) is 8.63. The van der Waals surface area contributed by atoms with Crippen LogP contribution in [0.1, 0.15) is 18.9 Å². The summed E-state index contributed by atoms with van der Waals surface area (Å²) in [6.07, 6.45) is 0.736. The Hall–Kier alpha value is -1.13. The van der Waals surface area contributed by atoms with E-state index >= 15 is 0 Å². The summed E-state index contributed by atoms with van der Waals surface area (Å²) < 4.78 is 13.7. The van der Waals surface area contributed by atoms with E-state index < -0.39 is 0 Å². The zero-order valence-corrected chi connectivity index (χ0v) is 11.0. The zero-order valence-electron chi connectivity index (χ0n) is 10.2. The van der Waals surface area contributed by atoms with Crippen molar-refractivity contribution in [2.75, 3.05) is 13.1 Å². The van der Waals surface area contributed by atoms with E-state index in [2.05, 4.69) is 5.32 Å². The van der Waals surface area contributed by atoms with Gasteiger partial charge in [-0.1, -0.05) is 24.6 Å². The van der Waals surface area contributed by atoms with E-state index in [4.69, 9.17) is 11.6 Å². The average Bonchev–Trinajstić information content (AvgIpc) is 2.36. The van der Waals surface area contributed by atoms with Gasteiger partial charge in [0.2, 0.25) is 5.91 Å². The smallest absolute Gasteiger partial charge is 0.240 e. The van der Waals surface area contributed by atoms with Crippen LogP contribution in [-0.4, -0.2) is 29.9 Å². The van der Waals surface area contributed by atoms with Gasteiger partial charge in [-0.05, 0) is 18.6 Å². The van der Waals surface area contributed by atoms with Crippen LogP contribution in [0.5, 0.6) is 0 Å². The predicted molar refractivity (Wildman–Crippen MR) is 68.9 cm³/mol. The standard InChI is InChI=1S/C13H16ClFN2O/c1-2-12-13(18)17(7-6-16-12)8-9-10(14)4-3-5-11(9)15/h3-5,12,16H,2,6-8H2,1H3. The Balaban J connectivity index is 2.16. The van der Waals surface area contributed by atoms with Crippen molar-refractivity contribution in [3.8, 4) is 0 Å². The van der Waals surface area contributed by atoms with Crippen LogP contribution >= 0.6 is 11.6 Å². The molecule has 0 bridgehead atoms. The van der Waals surface area contributed by atoms with E-state index in [-0.39, 0.29) is 24.3 Å². The molecule has 1 amide bonds. The predicted octanol–water partition coefficient (Wildman–Crippen LogP) is 2.19. The minimum absolute atomic E-state index is 0.0167. The quantitative estimate of drug-likeness (QED) is 0.913. The number of piperazine rings is 1. The van der Waals surface area contributed by atoms with Crippen molar-refractivity contribution < 1.29 is 9.18 Å². The van der Waals surface area contributed by atoms with Gasteiger partial charge in [0.15, 0.2) is 0 Å². The van der Waals surface area contributed by atoms with E-state index in [1.54, 1.807) is 17.0 Å². The van der Waals surface area contributed by atoms with Crippen LogP contribution in [0.15, 0.2) is 18.2 Å². The summed E-state index contributed by atoms with van der Waals surface area (Å²) in [4.78, 5) is 13.7. The largest absolute Gasteiger partial charge is 0.336 e. The van der Waals surface area contributed by atoms with E-state index in [0.29, 0.717) is 17.1 Å². The van der Waals surface area contributed by atoms with E-state index in [1.165, 1.54) is 6.07 Å². The van der Waals surface area contributed by atoms with Crippen LogP contribution in [-0.2, 0) is 11.3 Å². The first kappa shape index (κ1) is 13.3. The van der Waals surface area contributed by atoms with Crippen LogP contribution in [0.3, 0.4) is 0 Å². The van der Waals surface area contributed by atoms with Crippen molar-refractivity contribution in [1.29, 1.82) is 0 Å². The summed E-state index contributed by atoms with van der Waals surface area (Å²) in [6.45, 7) is 3.51. The highest BCUT2D eigenvalue weighted by Crippen LogP contribution is 2.21. The van der Waals surface area contributed by atoms with Crippen LogP contribution in [0.4, 0.5) is 4.39 Å². The summed E-state index contributed by atoms with van der Waals surface area (Å²) in [5, 5.41) is 3.52. The first-order valence-electron chi connectivity index (χ1n) is 6.08. The maximum absolute atomic E-state index is 13.7. The number of benzene rings is 1. The first-order valence-corrected chi connectivity index (χ1v) is 6.46. The molecule has 0 saturated carbocycles. The molecule has 5 heteroatoms. The molecular formula is C13H16ClFN2O. The molecule has 0 aromatic heterocycles. The summed E-state index contributed by atoms with van der Waals surface area (Å²) >= 11 is 5.97. The maximum atomic E-state index is 13.7. The summed E-state index contributed by atoms with van der Waals surface area (Å²) in [7, 11) is 0. The lowest BCUT2D eigenvalue weighted by atomic mass is 10.1. The molecule has 1 aliphatic heterocycles. The molecule has 1 aromatic carbocycles. The van der Waals surface area contributed by atoms with Gasteiger partial charge in [0, 0.05) is 23.7 Å². The monoisotopic (exact) mass is 270 g/mol. The number of carbonyl (C=O) groups excluding carboxylic acids is 1.